The van der Waals surface area contributed by atoms with Gasteiger partial charge in [-0.15, -0.1) is 11.3 Å². The minimum Gasteiger partial charge on any atom is -0.248 e. The van der Waals surface area contributed by atoms with Crippen LogP contribution in [0.5, 0.6) is 0 Å². The van der Waals surface area contributed by atoms with E-state index in [9.17, 15) is 0 Å². The van der Waals surface area contributed by atoms with Crippen molar-refractivity contribution >= 4 is 22.2 Å². The highest BCUT2D eigenvalue weighted by Crippen LogP contribution is 2.22. The van der Waals surface area contributed by atoms with Crippen LogP contribution in [0.4, 0.5) is 0 Å². The normalized spacial score (nSPS) is 10.7. The molecule has 0 saturated heterocycles. The zero-order chi connectivity index (χ0) is 10.1. The number of pyridine rings is 1. The first-order chi connectivity index (χ1) is 7.43. The Balaban J connectivity index is 2.22. The van der Waals surface area contributed by atoms with Crippen LogP contribution < -0.4 is 0 Å². The van der Waals surface area contributed by atoms with Gasteiger partial charge in [0.05, 0.1) is 16.6 Å². The van der Waals surface area contributed by atoms with Crippen molar-refractivity contribution in [2.45, 2.75) is 0 Å². The number of rotatable bonds is 1. The van der Waals surface area contributed by atoms with Crippen molar-refractivity contribution in [2.24, 2.45) is 0 Å². The van der Waals surface area contributed by atoms with Gasteiger partial charge in [0.15, 0.2) is 0 Å². The molecular formula is C13H8NS. The molecule has 3 rings (SSSR count). The second-order valence-corrected chi connectivity index (χ2v) is 4.04. The Kier molecular flexibility index (Phi) is 2.00. The summed E-state index contributed by atoms with van der Waals surface area (Å²) in [6, 6.07) is 14.3. The lowest BCUT2D eigenvalue weighted by atomic mass is 10.1. The molecule has 2 heteroatoms. The van der Waals surface area contributed by atoms with E-state index >= 15 is 0 Å². The molecule has 0 spiro atoms. The minimum absolute atomic E-state index is 0.995. The van der Waals surface area contributed by atoms with Crippen molar-refractivity contribution in [3.63, 3.8) is 0 Å². The van der Waals surface area contributed by atoms with Crippen LogP contribution in [0.2, 0.25) is 0 Å². The summed E-state index contributed by atoms with van der Waals surface area (Å²) in [5.74, 6) is 0. The average Bonchev–Trinajstić information content (AvgIpc) is 2.82. The predicted octanol–water partition coefficient (Wildman–Crippen LogP) is 3.76. The number of aromatic nitrogens is 1. The number of thiophene rings is 1. The van der Waals surface area contributed by atoms with Crippen molar-refractivity contribution in [3.05, 3.63) is 53.2 Å². The Morgan fingerprint density at radius 2 is 1.93 bits per heavy atom. The SMILES string of the molecule is [c]1sccc1-c1ccc2ccccc2n1. The number of fused-ring (bicyclic) bond motifs is 1. The third kappa shape index (κ3) is 1.53. The third-order valence-corrected chi connectivity index (χ3v) is 2.96. The highest BCUT2D eigenvalue weighted by Gasteiger charge is 2.00. The van der Waals surface area contributed by atoms with Gasteiger partial charge in [-0.1, -0.05) is 24.3 Å². The van der Waals surface area contributed by atoms with Crippen molar-refractivity contribution in [3.8, 4) is 11.3 Å². The molecular weight excluding hydrogens is 202 g/mol. The van der Waals surface area contributed by atoms with Crippen LogP contribution >= 0.6 is 11.3 Å². The van der Waals surface area contributed by atoms with Gasteiger partial charge in [0, 0.05) is 10.9 Å². The fourth-order valence-corrected chi connectivity index (χ4v) is 2.16. The van der Waals surface area contributed by atoms with Crippen LogP contribution in [0.15, 0.2) is 47.8 Å². The van der Waals surface area contributed by atoms with Gasteiger partial charge in [-0.05, 0) is 23.6 Å². The number of para-hydroxylation sites is 1. The van der Waals surface area contributed by atoms with E-state index in [1.54, 1.807) is 11.3 Å². The Bertz CT molecular complexity index is 584. The molecule has 0 fully saturated rings. The van der Waals surface area contributed by atoms with Gasteiger partial charge >= 0.3 is 0 Å². The molecule has 0 saturated carbocycles. The molecule has 0 atom stereocenters. The first-order valence-corrected chi connectivity index (χ1v) is 5.63. The maximum absolute atomic E-state index is 4.59. The van der Waals surface area contributed by atoms with Gasteiger partial charge in [-0.2, -0.15) is 0 Å². The lowest BCUT2D eigenvalue weighted by molar-refractivity contribution is 1.41. The molecule has 71 valence electrons. The Hall–Kier alpha value is -1.67. The Morgan fingerprint density at radius 1 is 1.00 bits per heavy atom. The third-order valence-electron chi connectivity index (χ3n) is 2.35. The molecule has 1 aromatic carbocycles. The Labute approximate surface area is 92.0 Å². The summed E-state index contributed by atoms with van der Waals surface area (Å²) in [6.07, 6.45) is 0. The van der Waals surface area contributed by atoms with Gasteiger partial charge in [0.2, 0.25) is 0 Å². The summed E-state index contributed by atoms with van der Waals surface area (Å²) < 4.78 is 0. The van der Waals surface area contributed by atoms with Gasteiger partial charge in [0.25, 0.3) is 0 Å². The van der Waals surface area contributed by atoms with Gasteiger partial charge in [0.1, 0.15) is 0 Å². The van der Waals surface area contributed by atoms with Crippen molar-refractivity contribution in [1.82, 2.24) is 4.98 Å². The number of benzene rings is 1. The summed E-state index contributed by atoms with van der Waals surface area (Å²) >= 11 is 1.57. The largest absolute Gasteiger partial charge is 0.248 e. The number of hydrogen-bond donors (Lipinski definition) is 0. The molecule has 3 aromatic rings. The fourth-order valence-electron chi connectivity index (χ4n) is 1.59. The average molecular weight is 210 g/mol. The molecule has 0 N–H and O–H groups in total. The van der Waals surface area contributed by atoms with E-state index < -0.39 is 0 Å². The second kappa shape index (κ2) is 3.48. The van der Waals surface area contributed by atoms with E-state index in [0.29, 0.717) is 0 Å². The summed E-state index contributed by atoms with van der Waals surface area (Å²) in [6.45, 7) is 0. The smallest absolute Gasteiger partial charge is 0.0724 e. The summed E-state index contributed by atoms with van der Waals surface area (Å²) in [5.41, 5.74) is 3.11. The number of hydrogen-bond acceptors (Lipinski definition) is 2. The van der Waals surface area contributed by atoms with Crippen molar-refractivity contribution in [2.75, 3.05) is 0 Å². The van der Waals surface area contributed by atoms with Gasteiger partial charge < -0.3 is 0 Å². The standard InChI is InChI=1S/C13H8NS/c1-2-4-12-10(3-1)5-6-13(14-12)11-7-8-15-9-11/h1-8H. The summed E-state index contributed by atoms with van der Waals surface area (Å²) in [7, 11) is 0. The first kappa shape index (κ1) is 8.62. The van der Waals surface area contributed by atoms with Gasteiger partial charge in [-0.3, -0.25) is 0 Å². The Morgan fingerprint density at radius 3 is 2.80 bits per heavy atom. The van der Waals surface area contributed by atoms with E-state index in [1.807, 2.05) is 35.7 Å². The maximum Gasteiger partial charge on any atom is 0.0724 e. The molecule has 2 aromatic heterocycles. The second-order valence-electron chi connectivity index (χ2n) is 3.33. The van der Waals surface area contributed by atoms with Gasteiger partial charge in [-0.25, -0.2) is 4.98 Å². The van der Waals surface area contributed by atoms with E-state index in [2.05, 4.69) is 22.5 Å². The molecule has 1 nitrogen and oxygen atoms in total. The number of nitrogens with zero attached hydrogens (tertiary/aromatic N) is 1. The van der Waals surface area contributed by atoms with E-state index in [4.69, 9.17) is 0 Å². The van der Waals surface area contributed by atoms with Crippen LogP contribution in [-0.4, -0.2) is 4.98 Å². The first-order valence-electron chi connectivity index (χ1n) is 4.75. The molecule has 0 amide bonds. The van der Waals surface area contributed by atoms with E-state index in [1.165, 1.54) is 5.39 Å². The summed E-state index contributed by atoms with van der Waals surface area (Å²) in [4.78, 5) is 4.59. The van der Waals surface area contributed by atoms with Crippen LogP contribution in [0.25, 0.3) is 22.2 Å². The summed E-state index contributed by atoms with van der Waals surface area (Å²) in [5, 5.41) is 6.39. The topological polar surface area (TPSA) is 12.9 Å². The molecule has 0 aliphatic heterocycles. The minimum atomic E-state index is 0.995. The monoisotopic (exact) mass is 210 g/mol. The molecule has 0 aliphatic rings. The lowest BCUT2D eigenvalue weighted by Gasteiger charge is -1.99. The molecule has 0 aliphatic carbocycles. The molecule has 2 heterocycles. The highest BCUT2D eigenvalue weighted by atomic mass is 32.1. The van der Waals surface area contributed by atoms with Crippen molar-refractivity contribution < 1.29 is 0 Å². The van der Waals surface area contributed by atoms with Crippen LogP contribution in [0, 0.1) is 5.38 Å². The zero-order valence-corrected chi connectivity index (χ0v) is 8.79. The van der Waals surface area contributed by atoms with E-state index in [-0.39, 0.29) is 0 Å². The molecule has 1 radical (unpaired) electrons. The maximum atomic E-state index is 4.59. The highest BCUT2D eigenvalue weighted by molar-refractivity contribution is 7.07. The van der Waals surface area contributed by atoms with Crippen LogP contribution in [-0.2, 0) is 0 Å². The van der Waals surface area contributed by atoms with Crippen LogP contribution in [0.1, 0.15) is 0 Å². The van der Waals surface area contributed by atoms with E-state index in [0.717, 1.165) is 16.8 Å². The van der Waals surface area contributed by atoms with Crippen molar-refractivity contribution in [1.29, 1.82) is 0 Å². The fraction of sp³-hybridized carbons (Fsp3) is 0. The van der Waals surface area contributed by atoms with Crippen LogP contribution in [0.3, 0.4) is 0 Å². The molecule has 0 bridgehead atoms. The molecule has 0 unspecified atom stereocenters. The zero-order valence-electron chi connectivity index (χ0n) is 7.97. The quantitative estimate of drug-likeness (QED) is 0.596. The molecule has 15 heavy (non-hydrogen) atoms. The lowest BCUT2D eigenvalue weighted by Crippen LogP contribution is -1.82. The predicted molar refractivity (Wildman–Crippen MR) is 63.9 cm³/mol.